The van der Waals surface area contributed by atoms with Crippen LogP contribution < -0.4 is 0 Å². The van der Waals surface area contributed by atoms with E-state index in [1.807, 2.05) is 0 Å². The number of hydrogen-bond donors (Lipinski definition) is 0. The number of hydrogen-bond acceptors (Lipinski definition) is 1. The SMILES string of the molecule is CCCCCCc1nc2c(c3c1CCCCC3)CCCCC2. The summed E-state index contributed by atoms with van der Waals surface area (Å²) in [6.45, 7) is 2.30. The van der Waals surface area contributed by atoms with Gasteiger partial charge < -0.3 is 0 Å². The van der Waals surface area contributed by atoms with E-state index in [-0.39, 0.29) is 0 Å². The molecule has 0 aliphatic heterocycles. The molecule has 0 saturated heterocycles. The summed E-state index contributed by atoms with van der Waals surface area (Å²) in [4.78, 5) is 5.23. The van der Waals surface area contributed by atoms with E-state index < -0.39 is 0 Å². The van der Waals surface area contributed by atoms with Crippen LogP contribution in [0.15, 0.2) is 0 Å². The summed E-state index contributed by atoms with van der Waals surface area (Å²) in [7, 11) is 0. The molecule has 0 saturated carbocycles. The lowest BCUT2D eigenvalue weighted by Crippen LogP contribution is -2.10. The zero-order valence-corrected chi connectivity index (χ0v) is 14.6. The highest BCUT2D eigenvalue weighted by molar-refractivity contribution is 5.42. The van der Waals surface area contributed by atoms with Crippen LogP contribution in [0.25, 0.3) is 0 Å². The fourth-order valence-corrected chi connectivity index (χ4v) is 4.40. The molecule has 0 bridgehead atoms. The highest BCUT2D eigenvalue weighted by Crippen LogP contribution is 2.32. The molecular weight excluding hydrogens is 266 g/mol. The van der Waals surface area contributed by atoms with Gasteiger partial charge in [-0.3, -0.25) is 4.98 Å². The molecule has 0 spiro atoms. The first-order valence-corrected chi connectivity index (χ1v) is 9.92. The van der Waals surface area contributed by atoms with E-state index in [9.17, 15) is 0 Å². The number of aromatic nitrogens is 1. The molecule has 122 valence electrons. The molecule has 1 aromatic rings. The van der Waals surface area contributed by atoms with Gasteiger partial charge in [0.25, 0.3) is 0 Å². The van der Waals surface area contributed by atoms with Gasteiger partial charge in [0, 0.05) is 11.4 Å². The van der Waals surface area contributed by atoms with E-state index in [2.05, 4.69) is 6.92 Å². The van der Waals surface area contributed by atoms with Crippen molar-refractivity contribution in [3.63, 3.8) is 0 Å². The standard InChI is InChI=1S/C21H33N/c1-2-3-4-10-15-20-18-13-8-5-7-12-17(18)19-14-9-6-11-16-21(19)22-20/h2-16H2,1H3. The summed E-state index contributed by atoms with van der Waals surface area (Å²) in [5.74, 6) is 0. The third-order valence-corrected chi connectivity index (χ3v) is 5.66. The van der Waals surface area contributed by atoms with Crippen molar-refractivity contribution in [3.05, 3.63) is 28.1 Å². The quantitative estimate of drug-likeness (QED) is 0.499. The summed E-state index contributed by atoms with van der Waals surface area (Å²) < 4.78 is 0. The first-order valence-electron chi connectivity index (χ1n) is 9.92. The molecule has 1 aromatic heterocycles. The second-order valence-electron chi connectivity index (χ2n) is 7.37. The van der Waals surface area contributed by atoms with Gasteiger partial charge in [-0.2, -0.15) is 0 Å². The largest absolute Gasteiger partial charge is 0.257 e. The molecule has 1 nitrogen and oxygen atoms in total. The van der Waals surface area contributed by atoms with Gasteiger partial charge in [0.05, 0.1) is 0 Å². The average molecular weight is 300 g/mol. The molecule has 0 N–H and O–H groups in total. The Hall–Kier alpha value is -0.850. The van der Waals surface area contributed by atoms with Gasteiger partial charge in [-0.1, -0.05) is 39.0 Å². The zero-order valence-electron chi connectivity index (χ0n) is 14.6. The van der Waals surface area contributed by atoms with Crippen molar-refractivity contribution < 1.29 is 0 Å². The van der Waals surface area contributed by atoms with Crippen molar-refractivity contribution in [2.24, 2.45) is 0 Å². The highest BCUT2D eigenvalue weighted by Gasteiger charge is 2.21. The van der Waals surface area contributed by atoms with E-state index >= 15 is 0 Å². The van der Waals surface area contributed by atoms with Gasteiger partial charge >= 0.3 is 0 Å². The Kier molecular flexibility index (Phi) is 5.92. The van der Waals surface area contributed by atoms with Crippen LogP contribution in [0, 0.1) is 0 Å². The van der Waals surface area contributed by atoms with Crippen LogP contribution in [0.1, 0.15) is 99.2 Å². The van der Waals surface area contributed by atoms with E-state index in [1.54, 1.807) is 16.7 Å². The molecule has 0 aromatic carbocycles. The van der Waals surface area contributed by atoms with E-state index in [0.29, 0.717) is 0 Å². The third kappa shape index (κ3) is 3.73. The molecule has 1 heterocycles. The molecule has 0 amide bonds. The lowest BCUT2D eigenvalue weighted by atomic mass is 9.91. The van der Waals surface area contributed by atoms with Crippen LogP contribution in [-0.4, -0.2) is 4.98 Å². The van der Waals surface area contributed by atoms with Gasteiger partial charge in [0.1, 0.15) is 0 Å². The number of fused-ring (bicyclic) bond motifs is 3. The van der Waals surface area contributed by atoms with Crippen molar-refractivity contribution in [2.45, 2.75) is 103 Å². The summed E-state index contributed by atoms with van der Waals surface area (Å²) in [6.07, 6.45) is 20.2. The molecule has 2 aliphatic carbocycles. The van der Waals surface area contributed by atoms with Crippen LogP contribution >= 0.6 is 0 Å². The normalized spacial score (nSPS) is 18.2. The Morgan fingerprint density at radius 2 is 1.36 bits per heavy atom. The second-order valence-corrected chi connectivity index (χ2v) is 7.37. The van der Waals surface area contributed by atoms with Crippen molar-refractivity contribution in [1.82, 2.24) is 4.98 Å². The van der Waals surface area contributed by atoms with Crippen molar-refractivity contribution in [1.29, 1.82) is 0 Å². The molecule has 22 heavy (non-hydrogen) atoms. The number of rotatable bonds is 5. The predicted octanol–water partition coefficient (Wildman–Crippen LogP) is 5.74. The second kappa shape index (κ2) is 8.13. The Morgan fingerprint density at radius 1 is 0.682 bits per heavy atom. The minimum atomic E-state index is 1.23. The molecule has 0 atom stereocenters. The number of aryl methyl sites for hydroxylation is 2. The van der Waals surface area contributed by atoms with Crippen molar-refractivity contribution >= 4 is 0 Å². The van der Waals surface area contributed by atoms with Gasteiger partial charge in [-0.15, -0.1) is 0 Å². The van der Waals surface area contributed by atoms with E-state index in [4.69, 9.17) is 4.98 Å². The van der Waals surface area contributed by atoms with Gasteiger partial charge in [0.2, 0.25) is 0 Å². The Balaban J connectivity index is 1.89. The lowest BCUT2D eigenvalue weighted by Gasteiger charge is -2.19. The van der Waals surface area contributed by atoms with Gasteiger partial charge in [0.15, 0.2) is 0 Å². The van der Waals surface area contributed by atoms with Gasteiger partial charge in [-0.05, 0) is 80.9 Å². The van der Waals surface area contributed by atoms with Crippen molar-refractivity contribution in [3.8, 4) is 0 Å². The Labute approximate surface area is 136 Å². The maximum atomic E-state index is 5.23. The summed E-state index contributed by atoms with van der Waals surface area (Å²) in [5.41, 5.74) is 8.12. The maximum absolute atomic E-state index is 5.23. The summed E-state index contributed by atoms with van der Waals surface area (Å²) >= 11 is 0. The molecule has 1 heteroatoms. The predicted molar refractivity (Wildman–Crippen MR) is 94.6 cm³/mol. The van der Waals surface area contributed by atoms with Crippen LogP contribution in [0.2, 0.25) is 0 Å². The lowest BCUT2D eigenvalue weighted by molar-refractivity contribution is 0.652. The minimum Gasteiger partial charge on any atom is -0.257 e. The number of pyridine rings is 1. The van der Waals surface area contributed by atoms with Crippen LogP contribution in [0.5, 0.6) is 0 Å². The molecular formula is C21H33N. The summed E-state index contributed by atoms with van der Waals surface area (Å²) in [6, 6.07) is 0. The zero-order chi connectivity index (χ0) is 15.2. The molecule has 0 fully saturated rings. The highest BCUT2D eigenvalue weighted by atomic mass is 14.7. The van der Waals surface area contributed by atoms with E-state index in [0.717, 1.165) is 0 Å². The fraction of sp³-hybridized carbons (Fsp3) is 0.762. The van der Waals surface area contributed by atoms with Crippen LogP contribution in [0.3, 0.4) is 0 Å². The van der Waals surface area contributed by atoms with Crippen molar-refractivity contribution in [2.75, 3.05) is 0 Å². The maximum Gasteiger partial charge on any atom is 0.0441 e. The topological polar surface area (TPSA) is 12.9 Å². The first-order chi connectivity index (χ1) is 10.9. The monoisotopic (exact) mass is 299 g/mol. The Morgan fingerprint density at radius 3 is 2.14 bits per heavy atom. The molecule has 3 rings (SSSR count). The van der Waals surface area contributed by atoms with Crippen LogP contribution in [0.4, 0.5) is 0 Å². The summed E-state index contributed by atoms with van der Waals surface area (Å²) in [5, 5.41) is 0. The first kappa shape index (κ1) is 16.0. The smallest absolute Gasteiger partial charge is 0.0441 e. The average Bonchev–Trinajstić information content (AvgIpc) is 2.91. The molecule has 0 radical (unpaired) electrons. The van der Waals surface area contributed by atoms with Crippen LogP contribution in [-0.2, 0) is 32.1 Å². The van der Waals surface area contributed by atoms with Gasteiger partial charge in [-0.25, -0.2) is 0 Å². The number of unbranched alkanes of at least 4 members (excludes halogenated alkanes) is 3. The molecule has 2 aliphatic rings. The fourth-order valence-electron chi connectivity index (χ4n) is 4.40. The Bertz CT molecular complexity index is 489. The van der Waals surface area contributed by atoms with E-state index in [1.165, 1.54) is 108 Å². The minimum absolute atomic E-state index is 1.23. The number of nitrogens with zero attached hydrogens (tertiary/aromatic N) is 1. The molecule has 0 unspecified atom stereocenters. The third-order valence-electron chi connectivity index (χ3n) is 5.66.